The van der Waals surface area contributed by atoms with Gasteiger partial charge in [0.25, 0.3) is 0 Å². The summed E-state index contributed by atoms with van der Waals surface area (Å²) >= 11 is 5.27. The number of pyridine rings is 1. The summed E-state index contributed by atoms with van der Waals surface area (Å²) in [5, 5.41) is 6.78. The molecule has 0 amide bonds. The Balaban J connectivity index is 1.77. The lowest BCUT2D eigenvalue weighted by Gasteiger charge is -2.17. The van der Waals surface area contributed by atoms with Crippen molar-refractivity contribution in [1.29, 1.82) is 0 Å². The van der Waals surface area contributed by atoms with Gasteiger partial charge in [0.2, 0.25) is 0 Å². The van der Waals surface area contributed by atoms with Gasteiger partial charge in [-0.3, -0.25) is 0 Å². The molecule has 110 valence electrons. The number of benzene rings is 1. The molecule has 2 aromatic rings. The number of ether oxygens (including phenoxy) is 1. The Kier molecular flexibility index (Phi) is 5.51. The first kappa shape index (κ1) is 15.3. The van der Waals surface area contributed by atoms with E-state index in [1.807, 2.05) is 56.3 Å². The zero-order valence-corrected chi connectivity index (χ0v) is 13.0. The lowest BCUT2D eigenvalue weighted by atomic mass is 10.3. The van der Waals surface area contributed by atoms with Crippen LogP contribution in [0.3, 0.4) is 0 Å². The molecule has 0 fully saturated rings. The molecule has 2 rings (SSSR count). The van der Waals surface area contributed by atoms with Gasteiger partial charge in [-0.1, -0.05) is 18.2 Å². The predicted molar refractivity (Wildman–Crippen MR) is 89.7 cm³/mol. The van der Waals surface area contributed by atoms with Crippen LogP contribution < -0.4 is 15.4 Å². The van der Waals surface area contributed by atoms with Crippen molar-refractivity contribution in [3.8, 4) is 5.75 Å². The van der Waals surface area contributed by atoms with E-state index in [4.69, 9.17) is 17.0 Å². The molecule has 0 aliphatic carbocycles. The van der Waals surface area contributed by atoms with E-state index in [0.29, 0.717) is 11.7 Å². The molecule has 1 aromatic heterocycles. The number of hydrogen-bond acceptors (Lipinski definition) is 3. The lowest BCUT2D eigenvalue weighted by Crippen LogP contribution is -2.39. The van der Waals surface area contributed by atoms with Crippen molar-refractivity contribution < 1.29 is 4.74 Å². The molecule has 1 unspecified atom stereocenters. The molecule has 5 heteroatoms. The topological polar surface area (TPSA) is 46.2 Å². The maximum atomic E-state index is 5.67. The summed E-state index contributed by atoms with van der Waals surface area (Å²) in [6.07, 6.45) is 1.75. The summed E-state index contributed by atoms with van der Waals surface area (Å²) < 4.78 is 5.67. The molecule has 1 atom stereocenters. The molecule has 0 radical (unpaired) electrons. The third-order valence-electron chi connectivity index (χ3n) is 2.78. The molecule has 1 aromatic carbocycles. The molecular weight excluding hydrogens is 282 g/mol. The Hall–Kier alpha value is -2.14. The SMILES string of the molecule is Cc1ccnc(NC(=S)NC(C)COc2ccccc2)c1. The quantitative estimate of drug-likeness (QED) is 0.831. The number of aryl methyl sites for hydroxylation is 1. The average molecular weight is 301 g/mol. The second-order valence-corrected chi connectivity index (χ2v) is 5.25. The van der Waals surface area contributed by atoms with Gasteiger partial charge in [-0.15, -0.1) is 0 Å². The van der Waals surface area contributed by atoms with E-state index in [9.17, 15) is 0 Å². The highest BCUT2D eigenvalue weighted by atomic mass is 32.1. The normalized spacial score (nSPS) is 11.5. The molecule has 0 saturated carbocycles. The van der Waals surface area contributed by atoms with Gasteiger partial charge in [-0.2, -0.15) is 0 Å². The maximum absolute atomic E-state index is 5.67. The van der Waals surface area contributed by atoms with Crippen LogP contribution in [0.25, 0.3) is 0 Å². The number of nitrogens with zero attached hydrogens (tertiary/aromatic N) is 1. The van der Waals surface area contributed by atoms with Crippen LogP contribution in [0.4, 0.5) is 5.82 Å². The van der Waals surface area contributed by atoms with E-state index < -0.39 is 0 Å². The Morgan fingerprint density at radius 1 is 1.29 bits per heavy atom. The zero-order chi connectivity index (χ0) is 15.1. The summed E-state index contributed by atoms with van der Waals surface area (Å²) in [4.78, 5) is 4.21. The van der Waals surface area contributed by atoms with E-state index in [1.165, 1.54) is 0 Å². The highest BCUT2D eigenvalue weighted by Gasteiger charge is 2.06. The van der Waals surface area contributed by atoms with E-state index >= 15 is 0 Å². The van der Waals surface area contributed by atoms with Crippen LogP contribution in [0.1, 0.15) is 12.5 Å². The molecule has 0 bridgehead atoms. The summed E-state index contributed by atoms with van der Waals surface area (Å²) in [5.41, 5.74) is 1.13. The third-order valence-corrected chi connectivity index (χ3v) is 3.00. The first-order valence-electron chi connectivity index (χ1n) is 6.81. The Morgan fingerprint density at radius 2 is 2.05 bits per heavy atom. The van der Waals surface area contributed by atoms with E-state index in [1.54, 1.807) is 6.20 Å². The van der Waals surface area contributed by atoms with Gasteiger partial charge < -0.3 is 15.4 Å². The predicted octanol–water partition coefficient (Wildman–Crippen LogP) is 3.14. The minimum atomic E-state index is 0.0926. The van der Waals surface area contributed by atoms with Crippen molar-refractivity contribution in [1.82, 2.24) is 10.3 Å². The van der Waals surface area contributed by atoms with Crippen LogP contribution in [0.2, 0.25) is 0 Å². The van der Waals surface area contributed by atoms with Crippen molar-refractivity contribution in [3.63, 3.8) is 0 Å². The first-order chi connectivity index (χ1) is 10.1. The second-order valence-electron chi connectivity index (χ2n) is 4.84. The van der Waals surface area contributed by atoms with Crippen molar-refractivity contribution >= 4 is 23.1 Å². The molecule has 21 heavy (non-hydrogen) atoms. The Morgan fingerprint density at radius 3 is 2.76 bits per heavy atom. The monoisotopic (exact) mass is 301 g/mol. The van der Waals surface area contributed by atoms with Crippen LogP contribution in [0.5, 0.6) is 5.75 Å². The highest BCUT2D eigenvalue weighted by Crippen LogP contribution is 2.08. The van der Waals surface area contributed by atoms with Crippen LogP contribution in [-0.4, -0.2) is 22.7 Å². The number of rotatable bonds is 5. The van der Waals surface area contributed by atoms with Crippen LogP contribution >= 0.6 is 12.2 Å². The number of hydrogen-bond donors (Lipinski definition) is 2. The van der Waals surface area contributed by atoms with Gasteiger partial charge in [0.1, 0.15) is 18.2 Å². The molecule has 4 nitrogen and oxygen atoms in total. The minimum Gasteiger partial charge on any atom is -0.491 e. The molecule has 0 spiro atoms. The largest absolute Gasteiger partial charge is 0.491 e. The Labute approximate surface area is 130 Å². The number of nitrogens with one attached hydrogen (secondary N) is 2. The second kappa shape index (κ2) is 7.59. The van der Waals surface area contributed by atoms with Gasteiger partial charge in [-0.25, -0.2) is 4.98 Å². The molecular formula is C16H19N3OS. The van der Waals surface area contributed by atoms with E-state index in [-0.39, 0.29) is 6.04 Å². The van der Waals surface area contributed by atoms with Gasteiger partial charge in [0.05, 0.1) is 6.04 Å². The standard InChI is InChI=1S/C16H19N3OS/c1-12-8-9-17-15(10-12)19-16(21)18-13(2)11-20-14-6-4-3-5-7-14/h3-10,13H,11H2,1-2H3,(H2,17,18,19,21). The number of aromatic nitrogens is 1. The van der Waals surface area contributed by atoms with Crippen LogP contribution in [-0.2, 0) is 0 Å². The third kappa shape index (κ3) is 5.39. The van der Waals surface area contributed by atoms with Crippen molar-refractivity contribution in [2.45, 2.75) is 19.9 Å². The molecule has 2 N–H and O–H groups in total. The fraction of sp³-hybridized carbons (Fsp3) is 0.250. The zero-order valence-electron chi connectivity index (χ0n) is 12.2. The van der Waals surface area contributed by atoms with E-state index in [2.05, 4.69) is 15.6 Å². The highest BCUT2D eigenvalue weighted by molar-refractivity contribution is 7.80. The summed E-state index contributed by atoms with van der Waals surface area (Å²) in [7, 11) is 0. The summed E-state index contributed by atoms with van der Waals surface area (Å²) in [6.45, 7) is 4.56. The number of anilines is 1. The lowest BCUT2D eigenvalue weighted by molar-refractivity contribution is 0.287. The summed E-state index contributed by atoms with van der Waals surface area (Å²) in [6, 6.07) is 13.7. The van der Waals surface area contributed by atoms with Gasteiger partial charge in [0.15, 0.2) is 5.11 Å². The molecule has 0 saturated heterocycles. The van der Waals surface area contributed by atoms with Gasteiger partial charge in [0, 0.05) is 6.20 Å². The maximum Gasteiger partial charge on any atom is 0.172 e. The fourth-order valence-corrected chi connectivity index (χ4v) is 2.07. The van der Waals surface area contributed by atoms with Crippen LogP contribution in [0, 0.1) is 6.92 Å². The molecule has 0 aliphatic heterocycles. The van der Waals surface area contributed by atoms with Gasteiger partial charge >= 0.3 is 0 Å². The molecule has 0 aliphatic rings. The average Bonchev–Trinajstić information content (AvgIpc) is 2.46. The van der Waals surface area contributed by atoms with Crippen molar-refractivity contribution in [3.05, 3.63) is 54.2 Å². The van der Waals surface area contributed by atoms with Crippen molar-refractivity contribution in [2.75, 3.05) is 11.9 Å². The first-order valence-corrected chi connectivity index (χ1v) is 7.22. The summed E-state index contributed by atoms with van der Waals surface area (Å²) in [5.74, 6) is 1.59. The molecule has 1 heterocycles. The van der Waals surface area contributed by atoms with E-state index in [0.717, 1.165) is 17.1 Å². The fourth-order valence-electron chi connectivity index (χ4n) is 1.76. The van der Waals surface area contributed by atoms with Gasteiger partial charge in [-0.05, 0) is 55.9 Å². The minimum absolute atomic E-state index is 0.0926. The number of thiocarbonyl (C=S) groups is 1. The smallest absolute Gasteiger partial charge is 0.172 e. The van der Waals surface area contributed by atoms with Crippen LogP contribution in [0.15, 0.2) is 48.7 Å². The van der Waals surface area contributed by atoms with Crippen molar-refractivity contribution in [2.24, 2.45) is 0 Å². The number of para-hydroxylation sites is 1. The Bertz CT molecular complexity index is 589.